The third-order valence-corrected chi connectivity index (χ3v) is 2.84. The molecule has 1 saturated carbocycles. The molecule has 77 valence electrons. The van der Waals surface area contributed by atoms with Gasteiger partial charge in [-0.25, -0.2) is 0 Å². The molecule has 0 spiro atoms. The van der Waals surface area contributed by atoms with Crippen molar-refractivity contribution in [2.45, 2.75) is 35.9 Å². The van der Waals surface area contributed by atoms with Crippen molar-refractivity contribution in [2.24, 2.45) is 0 Å². The zero-order chi connectivity index (χ0) is 10.4. The van der Waals surface area contributed by atoms with Gasteiger partial charge in [-0.05, 0) is 0 Å². The molecule has 1 rings (SSSR count). The summed E-state index contributed by atoms with van der Waals surface area (Å²) in [7, 11) is 2.61. The molecule has 1 fully saturated rings. The Morgan fingerprint density at radius 1 is 0.769 bits per heavy atom. The lowest BCUT2D eigenvalue weighted by Gasteiger charge is -2.45. The highest BCUT2D eigenvalue weighted by Crippen LogP contribution is 2.34. The highest BCUT2D eigenvalue weighted by atomic mass is 31.0. The first-order valence-corrected chi connectivity index (χ1v) is 4.18. The molecule has 6 nitrogen and oxygen atoms in total. The maximum atomic E-state index is 9.35. The number of aliphatic hydroxyl groups excluding tert-OH is 5. The molecule has 1 aliphatic rings. The maximum Gasteiger partial charge on any atom is 0.141 e. The Morgan fingerprint density at radius 3 is 1.38 bits per heavy atom. The number of hydrogen-bond acceptors (Lipinski definition) is 6. The van der Waals surface area contributed by atoms with Crippen molar-refractivity contribution in [1.29, 1.82) is 0 Å². The molecule has 0 heterocycles. The van der Waals surface area contributed by atoms with Crippen molar-refractivity contribution in [3.8, 4) is 0 Å². The summed E-state index contributed by atoms with van der Waals surface area (Å²) in [6.07, 6.45) is -8.70. The van der Waals surface area contributed by atoms with Crippen LogP contribution in [0.25, 0.3) is 0 Å². The summed E-state index contributed by atoms with van der Waals surface area (Å²) in [4.78, 5) is 0. The molecule has 0 aromatic rings. The van der Waals surface area contributed by atoms with Gasteiger partial charge < -0.3 is 30.6 Å². The third-order valence-electron chi connectivity index (χ3n) is 2.25. The van der Waals surface area contributed by atoms with Gasteiger partial charge in [0, 0.05) is 0 Å². The highest BCUT2D eigenvalue weighted by molar-refractivity contribution is 7.18. The zero-order valence-corrected chi connectivity index (χ0v) is 7.57. The summed E-state index contributed by atoms with van der Waals surface area (Å²) in [5.74, 6) is 0. The first-order valence-electron chi connectivity index (χ1n) is 3.68. The molecule has 0 bridgehead atoms. The predicted octanol–water partition coefficient (Wildman–Crippen LogP) is -3.36. The summed E-state index contributed by atoms with van der Waals surface area (Å²) >= 11 is 0. The number of rotatable bonds is 0. The largest absolute Gasteiger partial charge is 0.387 e. The summed E-state index contributed by atoms with van der Waals surface area (Å²) in [6, 6.07) is 0. The third kappa shape index (κ3) is 1.59. The molecule has 4 atom stereocenters. The molecule has 1 aliphatic carbocycles. The van der Waals surface area contributed by atoms with E-state index in [0.29, 0.717) is 0 Å². The van der Waals surface area contributed by atoms with Crippen molar-refractivity contribution in [2.75, 3.05) is 0 Å². The predicted molar refractivity (Wildman–Crippen MR) is 43.3 cm³/mol. The van der Waals surface area contributed by atoms with E-state index in [1.165, 1.54) is 0 Å². The van der Waals surface area contributed by atoms with Crippen LogP contribution in [0.5, 0.6) is 0 Å². The van der Waals surface area contributed by atoms with Crippen LogP contribution in [0.15, 0.2) is 0 Å². The van der Waals surface area contributed by atoms with E-state index >= 15 is 0 Å². The molecular weight excluding hydrogens is 199 g/mol. The van der Waals surface area contributed by atoms with Crippen LogP contribution >= 0.6 is 9.24 Å². The van der Waals surface area contributed by atoms with Crippen LogP contribution < -0.4 is 0 Å². The van der Waals surface area contributed by atoms with Crippen LogP contribution in [-0.4, -0.2) is 66.5 Å². The lowest BCUT2D eigenvalue weighted by molar-refractivity contribution is -0.236. The first-order chi connectivity index (χ1) is 5.80. The van der Waals surface area contributed by atoms with Crippen molar-refractivity contribution in [3.63, 3.8) is 0 Å². The number of hydrogen-bond donors (Lipinski definition) is 6. The molecule has 7 heteroatoms. The lowest BCUT2D eigenvalue weighted by atomic mass is 9.84. The van der Waals surface area contributed by atoms with Gasteiger partial charge in [-0.1, -0.05) is 9.24 Å². The Kier molecular flexibility index (Phi) is 2.95. The van der Waals surface area contributed by atoms with Gasteiger partial charge in [0.25, 0.3) is 0 Å². The Bertz CT molecular complexity index is 180. The molecule has 4 unspecified atom stereocenters. The molecule has 0 aromatic heterocycles. The van der Waals surface area contributed by atoms with E-state index in [-0.39, 0.29) is 0 Å². The second-order valence-electron chi connectivity index (χ2n) is 3.19. The molecule has 0 aliphatic heterocycles. The second kappa shape index (κ2) is 3.40. The van der Waals surface area contributed by atoms with E-state index in [1.807, 2.05) is 0 Å². The molecule has 1 radical (unpaired) electrons. The normalized spacial score (nSPS) is 57.9. The highest BCUT2D eigenvalue weighted by Gasteiger charge is 2.55. The number of aliphatic hydroxyl groups is 6. The summed E-state index contributed by atoms with van der Waals surface area (Å²) in [6.45, 7) is 0. The molecule has 0 saturated heterocycles. The van der Waals surface area contributed by atoms with E-state index in [0.717, 1.165) is 0 Å². The fourth-order valence-electron chi connectivity index (χ4n) is 1.27. The topological polar surface area (TPSA) is 121 Å². The van der Waals surface area contributed by atoms with E-state index in [9.17, 15) is 15.3 Å². The smallest absolute Gasteiger partial charge is 0.141 e. The summed E-state index contributed by atoms with van der Waals surface area (Å²) < 4.78 is 0. The molecule has 0 amide bonds. The van der Waals surface area contributed by atoms with Gasteiger partial charge in [0.15, 0.2) is 0 Å². The Labute approximate surface area is 76.7 Å². The summed E-state index contributed by atoms with van der Waals surface area (Å²) in [5.41, 5.74) is 0. The van der Waals surface area contributed by atoms with E-state index < -0.39 is 35.9 Å². The Hall–Kier alpha value is 0.190. The second-order valence-corrected chi connectivity index (χ2v) is 3.99. The van der Waals surface area contributed by atoms with E-state index in [2.05, 4.69) is 9.24 Å². The standard InChI is InChI=1S/C6H12O6P/c7-1-2(8)4(10)6(12,13)5(11)3(1)9/h1-5,7-13H. The van der Waals surface area contributed by atoms with Gasteiger partial charge in [-0.15, -0.1) is 0 Å². The van der Waals surface area contributed by atoms with E-state index in [1.54, 1.807) is 0 Å². The van der Waals surface area contributed by atoms with Crippen LogP contribution in [0.3, 0.4) is 0 Å². The lowest BCUT2D eigenvalue weighted by Crippen LogP contribution is -2.68. The zero-order valence-electron chi connectivity index (χ0n) is 6.57. The van der Waals surface area contributed by atoms with Crippen LogP contribution in [0.2, 0.25) is 0 Å². The first kappa shape index (κ1) is 11.3. The molecular formula is C6H12O6P. The van der Waals surface area contributed by atoms with Crippen LogP contribution in [0, 0.1) is 0 Å². The van der Waals surface area contributed by atoms with Gasteiger partial charge in [0.05, 0.1) is 0 Å². The van der Waals surface area contributed by atoms with Crippen LogP contribution in [0.4, 0.5) is 0 Å². The van der Waals surface area contributed by atoms with Gasteiger partial charge in [0.1, 0.15) is 35.9 Å². The monoisotopic (exact) mass is 211 g/mol. The SMILES string of the molecule is OC1C(O)C(O)C(O)([PH])C(O)C1O. The fourth-order valence-corrected chi connectivity index (χ4v) is 1.61. The minimum atomic E-state index is -2.22. The van der Waals surface area contributed by atoms with Crippen molar-refractivity contribution in [3.05, 3.63) is 0 Å². The minimum absolute atomic E-state index is 1.69. The van der Waals surface area contributed by atoms with Crippen LogP contribution in [0.1, 0.15) is 0 Å². The van der Waals surface area contributed by atoms with Crippen molar-refractivity contribution < 1.29 is 30.6 Å². The average Bonchev–Trinajstić information content (AvgIpc) is 2.09. The Morgan fingerprint density at radius 2 is 1.08 bits per heavy atom. The quantitative estimate of drug-likeness (QED) is 0.233. The van der Waals surface area contributed by atoms with Gasteiger partial charge >= 0.3 is 0 Å². The Balaban J connectivity index is 2.93. The summed E-state index contributed by atoms with van der Waals surface area (Å²) in [5, 5.41) is 52.8. The minimum Gasteiger partial charge on any atom is -0.387 e. The van der Waals surface area contributed by atoms with Crippen molar-refractivity contribution in [1.82, 2.24) is 0 Å². The van der Waals surface area contributed by atoms with Crippen molar-refractivity contribution >= 4 is 9.24 Å². The van der Waals surface area contributed by atoms with Gasteiger partial charge in [0.2, 0.25) is 0 Å². The maximum absolute atomic E-state index is 9.35. The average molecular weight is 211 g/mol. The van der Waals surface area contributed by atoms with Gasteiger partial charge in [-0.2, -0.15) is 0 Å². The molecule has 13 heavy (non-hydrogen) atoms. The van der Waals surface area contributed by atoms with Crippen LogP contribution in [-0.2, 0) is 0 Å². The molecule has 0 aromatic carbocycles. The molecule has 6 N–H and O–H groups in total. The van der Waals surface area contributed by atoms with E-state index in [4.69, 9.17) is 15.3 Å². The van der Waals surface area contributed by atoms with Gasteiger partial charge in [-0.3, -0.25) is 0 Å². The fraction of sp³-hybridized carbons (Fsp3) is 1.00.